The zero-order valence-electron chi connectivity index (χ0n) is 9.18. The molecule has 0 saturated heterocycles. The molecule has 0 amide bonds. The lowest BCUT2D eigenvalue weighted by molar-refractivity contribution is 0.103. The second-order valence-corrected chi connectivity index (χ2v) is 4.51. The van der Waals surface area contributed by atoms with Gasteiger partial charge in [0.05, 0.1) is 0 Å². The molecule has 4 heteroatoms. The van der Waals surface area contributed by atoms with Gasteiger partial charge in [-0.25, -0.2) is 0 Å². The summed E-state index contributed by atoms with van der Waals surface area (Å²) in [6, 6.07) is 7.66. The van der Waals surface area contributed by atoms with Gasteiger partial charge in [0, 0.05) is 10.9 Å². The van der Waals surface area contributed by atoms with Crippen LogP contribution in [0.2, 0.25) is 0 Å². The minimum atomic E-state index is -0.0657. The molecule has 2 aromatic rings. The zero-order chi connectivity index (χ0) is 11.5. The molecule has 0 N–H and O–H groups in total. The predicted molar refractivity (Wildman–Crippen MR) is 63.9 cm³/mol. The predicted octanol–water partition coefficient (Wildman–Crippen LogP) is 2.89. The van der Waals surface area contributed by atoms with Crippen molar-refractivity contribution in [1.82, 2.24) is 9.59 Å². The van der Waals surface area contributed by atoms with Crippen LogP contribution < -0.4 is 0 Å². The first kappa shape index (κ1) is 11.0. The molecule has 0 fully saturated rings. The number of hydrogen-bond donors (Lipinski definition) is 0. The minimum absolute atomic E-state index is 0.0657. The monoisotopic (exact) mass is 232 g/mol. The number of nitrogens with zero attached hydrogens (tertiary/aromatic N) is 2. The van der Waals surface area contributed by atoms with E-state index in [-0.39, 0.29) is 5.78 Å². The number of rotatable bonds is 3. The molecule has 0 bridgehead atoms. The first-order valence-electron chi connectivity index (χ1n) is 5.10. The van der Waals surface area contributed by atoms with E-state index in [0.717, 1.165) is 0 Å². The number of ketones is 1. The molecule has 16 heavy (non-hydrogen) atoms. The Kier molecular flexibility index (Phi) is 3.10. The zero-order valence-corrected chi connectivity index (χ0v) is 9.99. The third kappa shape index (κ3) is 2.17. The van der Waals surface area contributed by atoms with Crippen LogP contribution in [0.15, 0.2) is 29.6 Å². The SMILES string of the molecule is CC(C)c1ccc(C(=O)c2csnn2)cc1. The first-order valence-corrected chi connectivity index (χ1v) is 5.94. The molecule has 0 aliphatic heterocycles. The second kappa shape index (κ2) is 4.53. The van der Waals surface area contributed by atoms with Crippen LogP contribution in [0.1, 0.15) is 41.4 Å². The van der Waals surface area contributed by atoms with Crippen LogP contribution in [0.4, 0.5) is 0 Å². The van der Waals surface area contributed by atoms with Gasteiger partial charge in [-0.15, -0.1) is 5.10 Å². The Morgan fingerprint density at radius 3 is 2.44 bits per heavy atom. The maximum atomic E-state index is 11.9. The van der Waals surface area contributed by atoms with E-state index in [1.807, 2.05) is 24.3 Å². The summed E-state index contributed by atoms with van der Waals surface area (Å²) in [6.45, 7) is 4.25. The van der Waals surface area contributed by atoms with E-state index in [4.69, 9.17) is 0 Å². The van der Waals surface area contributed by atoms with Crippen molar-refractivity contribution in [3.05, 3.63) is 46.5 Å². The molecule has 1 heterocycles. The summed E-state index contributed by atoms with van der Waals surface area (Å²) in [5.41, 5.74) is 2.31. The Labute approximate surface area is 98.3 Å². The summed E-state index contributed by atoms with van der Waals surface area (Å²) in [5.74, 6) is 0.411. The van der Waals surface area contributed by atoms with Crippen molar-refractivity contribution in [2.75, 3.05) is 0 Å². The molecule has 0 aliphatic carbocycles. The lowest BCUT2D eigenvalue weighted by Crippen LogP contribution is -2.02. The van der Waals surface area contributed by atoms with Crippen molar-refractivity contribution < 1.29 is 4.79 Å². The fourth-order valence-corrected chi connectivity index (χ4v) is 1.87. The fraction of sp³-hybridized carbons (Fsp3) is 0.250. The molecule has 0 spiro atoms. The Morgan fingerprint density at radius 1 is 1.25 bits per heavy atom. The fourth-order valence-electron chi connectivity index (χ4n) is 1.43. The largest absolute Gasteiger partial charge is 0.287 e. The summed E-state index contributed by atoms with van der Waals surface area (Å²) < 4.78 is 3.69. The van der Waals surface area contributed by atoms with Crippen LogP contribution >= 0.6 is 11.5 Å². The Hall–Kier alpha value is -1.55. The van der Waals surface area contributed by atoms with Crippen molar-refractivity contribution in [2.24, 2.45) is 0 Å². The highest BCUT2D eigenvalue weighted by Gasteiger charge is 2.11. The highest BCUT2D eigenvalue weighted by Crippen LogP contribution is 2.16. The van der Waals surface area contributed by atoms with Gasteiger partial charge in [-0.05, 0) is 23.0 Å². The van der Waals surface area contributed by atoms with Gasteiger partial charge in [-0.2, -0.15) is 0 Å². The van der Waals surface area contributed by atoms with Gasteiger partial charge in [0.15, 0.2) is 0 Å². The number of hydrogen-bond acceptors (Lipinski definition) is 4. The van der Waals surface area contributed by atoms with Gasteiger partial charge >= 0.3 is 0 Å². The topological polar surface area (TPSA) is 42.9 Å². The molecule has 0 atom stereocenters. The number of carbonyl (C=O) groups is 1. The highest BCUT2D eigenvalue weighted by molar-refractivity contribution is 7.03. The molecule has 0 aliphatic rings. The lowest BCUT2D eigenvalue weighted by atomic mass is 10.00. The lowest BCUT2D eigenvalue weighted by Gasteiger charge is -2.05. The van der Waals surface area contributed by atoms with Crippen LogP contribution in [-0.2, 0) is 0 Å². The van der Waals surface area contributed by atoms with Crippen LogP contribution in [-0.4, -0.2) is 15.4 Å². The molecule has 2 rings (SSSR count). The van der Waals surface area contributed by atoms with E-state index in [1.165, 1.54) is 17.1 Å². The minimum Gasteiger partial charge on any atom is -0.287 e. The van der Waals surface area contributed by atoms with E-state index in [9.17, 15) is 4.79 Å². The van der Waals surface area contributed by atoms with Crippen molar-refractivity contribution in [3.8, 4) is 0 Å². The third-order valence-corrected chi connectivity index (χ3v) is 2.94. The molecular formula is C12H12N2OS. The van der Waals surface area contributed by atoms with Crippen LogP contribution in [0.3, 0.4) is 0 Å². The maximum absolute atomic E-state index is 11.9. The van der Waals surface area contributed by atoms with E-state index in [0.29, 0.717) is 17.2 Å². The van der Waals surface area contributed by atoms with Gasteiger partial charge in [0.1, 0.15) is 5.69 Å². The third-order valence-electron chi connectivity index (χ3n) is 2.43. The van der Waals surface area contributed by atoms with E-state index >= 15 is 0 Å². The normalized spacial score (nSPS) is 10.7. The van der Waals surface area contributed by atoms with E-state index in [1.54, 1.807) is 5.38 Å². The average molecular weight is 232 g/mol. The number of benzene rings is 1. The molecule has 3 nitrogen and oxygen atoms in total. The molecule has 0 radical (unpaired) electrons. The molecule has 1 aromatic heterocycles. The van der Waals surface area contributed by atoms with Gasteiger partial charge in [-0.1, -0.05) is 42.6 Å². The summed E-state index contributed by atoms with van der Waals surface area (Å²) in [5, 5.41) is 5.43. The summed E-state index contributed by atoms with van der Waals surface area (Å²) in [6.07, 6.45) is 0. The molecule has 0 unspecified atom stereocenters. The van der Waals surface area contributed by atoms with Crippen molar-refractivity contribution in [2.45, 2.75) is 19.8 Å². The van der Waals surface area contributed by atoms with Gasteiger partial charge < -0.3 is 0 Å². The number of carbonyl (C=O) groups excluding carboxylic acids is 1. The average Bonchev–Trinajstić information content (AvgIpc) is 2.81. The highest BCUT2D eigenvalue weighted by atomic mass is 32.1. The summed E-state index contributed by atoms with van der Waals surface area (Å²) >= 11 is 1.19. The molecule has 0 saturated carbocycles. The second-order valence-electron chi connectivity index (χ2n) is 3.90. The Bertz CT molecular complexity index is 474. The molecular weight excluding hydrogens is 220 g/mol. The van der Waals surface area contributed by atoms with Gasteiger partial charge in [0.25, 0.3) is 0 Å². The summed E-state index contributed by atoms with van der Waals surface area (Å²) in [7, 11) is 0. The van der Waals surface area contributed by atoms with Crippen LogP contribution in [0.5, 0.6) is 0 Å². The summed E-state index contributed by atoms with van der Waals surface area (Å²) in [4.78, 5) is 11.9. The standard InChI is InChI=1S/C12H12N2OS/c1-8(2)9-3-5-10(6-4-9)12(15)11-7-16-14-13-11/h3-8H,1-2H3. The first-order chi connectivity index (χ1) is 7.68. The van der Waals surface area contributed by atoms with Crippen LogP contribution in [0, 0.1) is 0 Å². The Balaban J connectivity index is 2.25. The number of aromatic nitrogens is 2. The molecule has 1 aromatic carbocycles. The van der Waals surface area contributed by atoms with Gasteiger partial charge in [-0.3, -0.25) is 4.79 Å². The van der Waals surface area contributed by atoms with Gasteiger partial charge in [0.2, 0.25) is 5.78 Å². The quantitative estimate of drug-likeness (QED) is 0.764. The smallest absolute Gasteiger partial charge is 0.214 e. The van der Waals surface area contributed by atoms with Crippen LogP contribution in [0.25, 0.3) is 0 Å². The van der Waals surface area contributed by atoms with Crippen molar-refractivity contribution in [3.63, 3.8) is 0 Å². The van der Waals surface area contributed by atoms with Crippen molar-refractivity contribution >= 4 is 17.3 Å². The molecule has 82 valence electrons. The van der Waals surface area contributed by atoms with E-state index < -0.39 is 0 Å². The maximum Gasteiger partial charge on any atom is 0.214 e. The Morgan fingerprint density at radius 2 is 1.94 bits per heavy atom. The van der Waals surface area contributed by atoms with Crippen molar-refractivity contribution in [1.29, 1.82) is 0 Å². The van der Waals surface area contributed by atoms with E-state index in [2.05, 4.69) is 23.4 Å².